The van der Waals surface area contributed by atoms with Crippen LogP contribution in [0.5, 0.6) is 0 Å². The average molecular weight is 490 g/mol. The molecule has 7 nitrogen and oxygen atoms in total. The predicted octanol–water partition coefficient (Wildman–Crippen LogP) is 4.17. The standard InChI is InChI=1S/C24H31N3O4S2/c1-25-33(30,31)20-15-13-19(14-16-20)27-24(29)21-11-7-8-12-22(21)32-17-23(28)26-18-9-5-3-2-4-6-10-18/h7-8,11-16,18,25H,2-6,9-10,17H2,1H3,(H,26,28)(H,27,29). The summed E-state index contributed by atoms with van der Waals surface area (Å²) < 4.78 is 26.0. The molecule has 9 heteroatoms. The molecular weight excluding hydrogens is 458 g/mol. The van der Waals surface area contributed by atoms with E-state index in [4.69, 9.17) is 0 Å². The molecule has 0 atom stereocenters. The second-order valence-corrected chi connectivity index (χ2v) is 11.0. The maximum Gasteiger partial charge on any atom is 0.256 e. The molecule has 178 valence electrons. The second-order valence-electron chi connectivity index (χ2n) is 8.08. The second kappa shape index (κ2) is 12.2. The van der Waals surface area contributed by atoms with Crippen molar-refractivity contribution in [2.24, 2.45) is 0 Å². The van der Waals surface area contributed by atoms with Gasteiger partial charge in [-0.2, -0.15) is 0 Å². The van der Waals surface area contributed by atoms with Gasteiger partial charge in [0.05, 0.1) is 16.2 Å². The van der Waals surface area contributed by atoms with E-state index in [1.807, 2.05) is 12.1 Å². The minimum absolute atomic E-state index is 0.0119. The third kappa shape index (κ3) is 7.58. The Morgan fingerprint density at radius 1 is 0.939 bits per heavy atom. The lowest BCUT2D eigenvalue weighted by molar-refractivity contribution is -0.119. The number of hydrogen-bond donors (Lipinski definition) is 3. The van der Waals surface area contributed by atoms with Crippen molar-refractivity contribution in [3.63, 3.8) is 0 Å². The summed E-state index contributed by atoms with van der Waals surface area (Å²) in [4.78, 5) is 26.2. The maximum absolute atomic E-state index is 12.8. The fourth-order valence-electron chi connectivity index (χ4n) is 3.83. The van der Waals surface area contributed by atoms with E-state index in [1.165, 1.54) is 50.2 Å². The highest BCUT2D eigenvalue weighted by atomic mass is 32.2. The normalized spacial score (nSPS) is 15.3. The van der Waals surface area contributed by atoms with Crippen LogP contribution in [0.1, 0.15) is 55.3 Å². The summed E-state index contributed by atoms with van der Waals surface area (Å²) in [6.45, 7) is 0. The van der Waals surface area contributed by atoms with Crippen LogP contribution in [0.25, 0.3) is 0 Å². The first-order valence-corrected chi connectivity index (χ1v) is 13.7. The van der Waals surface area contributed by atoms with E-state index in [2.05, 4.69) is 15.4 Å². The molecule has 0 aliphatic heterocycles. The molecular formula is C24H31N3O4S2. The van der Waals surface area contributed by atoms with Gasteiger partial charge in [-0.3, -0.25) is 9.59 Å². The number of benzene rings is 2. The number of carbonyl (C=O) groups is 2. The van der Waals surface area contributed by atoms with Crippen molar-refractivity contribution in [3.05, 3.63) is 54.1 Å². The van der Waals surface area contributed by atoms with Crippen molar-refractivity contribution in [2.45, 2.75) is 60.8 Å². The van der Waals surface area contributed by atoms with E-state index in [-0.39, 0.29) is 28.5 Å². The number of nitrogens with one attached hydrogen (secondary N) is 3. The fourth-order valence-corrected chi connectivity index (χ4v) is 5.42. The molecule has 33 heavy (non-hydrogen) atoms. The van der Waals surface area contributed by atoms with Crippen LogP contribution in [0.2, 0.25) is 0 Å². The summed E-state index contributed by atoms with van der Waals surface area (Å²) in [5.74, 6) is -0.0814. The quantitative estimate of drug-likeness (QED) is 0.483. The van der Waals surface area contributed by atoms with Crippen LogP contribution < -0.4 is 15.4 Å². The third-order valence-electron chi connectivity index (χ3n) is 5.65. The molecule has 0 saturated heterocycles. The Labute approximate surface area is 200 Å². The Morgan fingerprint density at radius 2 is 1.58 bits per heavy atom. The van der Waals surface area contributed by atoms with E-state index in [9.17, 15) is 18.0 Å². The summed E-state index contributed by atoms with van der Waals surface area (Å²) in [7, 11) is -2.19. The first kappa shape index (κ1) is 25.3. The first-order valence-electron chi connectivity index (χ1n) is 11.3. The molecule has 0 heterocycles. The van der Waals surface area contributed by atoms with Crippen LogP contribution in [0.3, 0.4) is 0 Å². The lowest BCUT2D eigenvalue weighted by Crippen LogP contribution is -2.36. The molecule has 1 aliphatic rings. The number of rotatable bonds is 8. The van der Waals surface area contributed by atoms with Gasteiger partial charge < -0.3 is 10.6 Å². The third-order valence-corrected chi connectivity index (χ3v) is 8.16. The zero-order valence-corrected chi connectivity index (χ0v) is 20.4. The van der Waals surface area contributed by atoms with Gasteiger partial charge in [-0.1, -0.05) is 44.2 Å². The predicted molar refractivity (Wildman–Crippen MR) is 132 cm³/mol. The molecule has 1 aliphatic carbocycles. The number of hydrogen-bond acceptors (Lipinski definition) is 5. The molecule has 0 unspecified atom stereocenters. The number of thioether (sulfide) groups is 1. The zero-order valence-electron chi connectivity index (χ0n) is 18.8. The molecule has 3 rings (SSSR count). The minimum Gasteiger partial charge on any atom is -0.353 e. The molecule has 0 radical (unpaired) electrons. The van der Waals surface area contributed by atoms with Gasteiger partial charge in [-0.05, 0) is 56.3 Å². The van der Waals surface area contributed by atoms with Gasteiger partial charge in [0.25, 0.3) is 5.91 Å². The Kier molecular flexibility index (Phi) is 9.34. The topological polar surface area (TPSA) is 104 Å². The molecule has 3 N–H and O–H groups in total. The van der Waals surface area contributed by atoms with Crippen molar-refractivity contribution in [3.8, 4) is 0 Å². The van der Waals surface area contributed by atoms with Crippen molar-refractivity contribution in [2.75, 3.05) is 18.1 Å². The SMILES string of the molecule is CNS(=O)(=O)c1ccc(NC(=O)c2ccccc2SCC(=O)NC2CCCCCCC2)cc1. The van der Waals surface area contributed by atoms with Crippen molar-refractivity contribution >= 4 is 39.3 Å². The highest BCUT2D eigenvalue weighted by Gasteiger charge is 2.17. The van der Waals surface area contributed by atoms with Crippen molar-refractivity contribution < 1.29 is 18.0 Å². The minimum atomic E-state index is -3.54. The highest BCUT2D eigenvalue weighted by molar-refractivity contribution is 8.00. The highest BCUT2D eigenvalue weighted by Crippen LogP contribution is 2.24. The van der Waals surface area contributed by atoms with Crippen LogP contribution in [0, 0.1) is 0 Å². The van der Waals surface area contributed by atoms with Crippen molar-refractivity contribution in [1.82, 2.24) is 10.0 Å². The van der Waals surface area contributed by atoms with E-state index < -0.39 is 10.0 Å². The number of anilines is 1. The number of amides is 2. The van der Waals surface area contributed by atoms with E-state index in [1.54, 1.807) is 24.3 Å². The largest absolute Gasteiger partial charge is 0.353 e. The lowest BCUT2D eigenvalue weighted by atomic mass is 9.97. The Morgan fingerprint density at radius 3 is 2.24 bits per heavy atom. The Bertz CT molecular complexity index is 1050. The molecule has 0 aromatic heterocycles. The van der Waals surface area contributed by atoms with Crippen LogP contribution in [-0.4, -0.2) is 39.1 Å². The summed E-state index contributed by atoms with van der Waals surface area (Å²) in [6.07, 6.45) is 8.13. The summed E-state index contributed by atoms with van der Waals surface area (Å²) in [5, 5.41) is 5.95. The zero-order chi connectivity index (χ0) is 23.7. The Hall–Kier alpha value is -2.36. The molecule has 2 amide bonds. The van der Waals surface area contributed by atoms with Gasteiger partial charge >= 0.3 is 0 Å². The molecule has 0 spiro atoms. The summed E-state index contributed by atoms with van der Waals surface area (Å²) >= 11 is 1.34. The first-order chi connectivity index (χ1) is 15.9. The van der Waals surface area contributed by atoms with Crippen LogP contribution >= 0.6 is 11.8 Å². The number of carbonyl (C=O) groups excluding carboxylic acids is 2. The van der Waals surface area contributed by atoms with Crippen LogP contribution in [0.4, 0.5) is 5.69 Å². The van der Waals surface area contributed by atoms with Gasteiger partial charge in [0, 0.05) is 16.6 Å². The molecule has 1 fully saturated rings. The van der Waals surface area contributed by atoms with Gasteiger partial charge in [0.1, 0.15) is 0 Å². The maximum atomic E-state index is 12.8. The van der Waals surface area contributed by atoms with Gasteiger partial charge in [0.2, 0.25) is 15.9 Å². The van der Waals surface area contributed by atoms with E-state index >= 15 is 0 Å². The van der Waals surface area contributed by atoms with E-state index in [0.29, 0.717) is 11.3 Å². The smallest absolute Gasteiger partial charge is 0.256 e. The molecule has 2 aromatic rings. The van der Waals surface area contributed by atoms with Gasteiger partial charge in [0.15, 0.2) is 0 Å². The number of sulfonamides is 1. The monoisotopic (exact) mass is 489 g/mol. The van der Waals surface area contributed by atoms with Gasteiger partial charge in [-0.25, -0.2) is 13.1 Å². The van der Waals surface area contributed by atoms with Crippen molar-refractivity contribution in [1.29, 1.82) is 0 Å². The lowest BCUT2D eigenvalue weighted by Gasteiger charge is -2.21. The summed E-state index contributed by atoms with van der Waals surface area (Å²) in [6, 6.07) is 13.3. The molecule has 0 bridgehead atoms. The Balaban J connectivity index is 1.59. The van der Waals surface area contributed by atoms with Crippen LogP contribution in [-0.2, 0) is 14.8 Å². The van der Waals surface area contributed by atoms with Gasteiger partial charge in [-0.15, -0.1) is 11.8 Å². The van der Waals surface area contributed by atoms with E-state index in [0.717, 1.165) is 30.6 Å². The average Bonchev–Trinajstić information content (AvgIpc) is 2.80. The molecule has 1 saturated carbocycles. The summed E-state index contributed by atoms with van der Waals surface area (Å²) in [5.41, 5.74) is 0.949. The fraction of sp³-hybridized carbons (Fsp3) is 0.417. The molecule has 2 aromatic carbocycles. The van der Waals surface area contributed by atoms with Crippen LogP contribution in [0.15, 0.2) is 58.3 Å².